The van der Waals surface area contributed by atoms with Crippen LogP contribution in [-0.2, 0) is 10.0 Å². The van der Waals surface area contributed by atoms with E-state index in [1.165, 1.54) is 23.5 Å². The van der Waals surface area contributed by atoms with Gasteiger partial charge in [0.2, 0.25) is 0 Å². The summed E-state index contributed by atoms with van der Waals surface area (Å²) in [4.78, 5) is 13.0. The zero-order chi connectivity index (χ0) is 22.6. The van der Waals surface area contributed by atoms with Gasteiger partial charge in [-0.3, -0.25) is 9.10 Å². The second-order valence-electron chi connectivity index (χ2n) is 7.63. The van der Waals surface area contributed by atoms with Gasteiger partial charge in [-0.2, -0.15) is 0 Å². The SMILES string of the molecule is CC[C@H](NC(=O)c1cccc(S(=O)(=O)N(C)c2ccc(C)cc2)c1)c1ccccc1C. The molecule has 3 rings (SSSR count). The largest absolute Gasteiger partial charge is 0.345 e. The number of carbonyl (C=O) groups is 1. The fraction of sp³-hybridized carbons (Fsp3) is 0.240. The number of nitrogens with zero attached hydrogens (tertiary/aromatic N) is 1. The molecule has 0 aliphatic heterocycles. The van der Waals surface area contributed by atoms with Crippen molar-refractivity contribution in [3.63, 3.8) is 0 Å². The van der Waals surface area contributed by atoms with Crippen molar-refractivity contribution in [1.82, 2.24) is 5.32 Å². The van der Waals surface area contributed by atoms with E-state index in [0.29, 0.717) is 11.3 Å². The molecule has 0 saturated heterocycles. The molecule has 162 valence electrons. The monoisotopic (exact) mass is 436 g/mol. The molecule has 0 saturated carbocycles. The molecule has 0 aromatic heterocycles. The van der Waals surface area contributed by atoms with E-state index in [2.05, 4.69) is 5.32 Å². The molecule has 0 radical (unpaired) electrons. The summed E-state index contributed by atoms with van der Waals surface area (Å²) in [6.45, 7) is 5.97. The van der Waals surface area contributed by atoms with Crippen LogP contribution in [0.1, 0.15) is 46.4 Å². The van der Waals surface area contributed by atoms with Gasteiger partial charge in [0.15, 0.2) is 0 Å². The number of nitrogens with one attached hydrogen (secondary N) is 1. The number of benzene rings is 3. The summed E-state index contributed by atoms with van der Waals surface area (Å²) in [7, 11) is -2.29. The molecule has 0 aliphatic rings. The maximum atomic E-state index is 13.1. The van der Waals surface area contributed by atoms with Gasteiger partial charge in [-0.15, -0.1) is 0 Å². The van der Waals surface area contributed by atoms with Crippen LogP contribution in [0.5, 0.6) is 0 Å². The van der Waals surface area contributed by atoms with E-state index >= 15 is 0 Å². The van der Waals surface area contributed by atoms with Gasteiger partial charge in [-0.25, -0.2) is 8.42 Å². The van der Waals surface area contributed by atoms with Crippen LogP contribution in [0.25, 0.3) is 0 Å². The zero-order valence-electron chi connectivity index (χ0n) is 18.3. The van der Waals surface area contributed by atoms with Gasteiger partial charge >= 0.3 is 0 Å². The molecule has 31 heavy (non-hydrogen) atoms. The highest BCUT2D eigenvalue weighted by atomic mass is 32.2. The van der Waals surface area contributed by atoms with E-state index < -0.39 is 10.0 Å². The first-order valence-corrected chi connectivity index (χ1v) is 11.7. The molecule has 5 nitrogen and oxygen atoms in total. The Morgan fingerprint density at radius 2 is 1.65 bits per heavy atom. The van der Waals surface area contributed by atoms with Crippen LogP contribution >= 0.6 is 0 Å². The molecule has 0 unspecified atom stereocenters. The summed E-state index contributed by atoms with van der Waals surface area (Å²) in [5, 5.41) is 3.04. The fourth-order valence-electron chi connectivity index (χ4n) is 3.47. The normalized spacial score (nSPS) is 12.3. The van der Waals surface area contributed by atoms with Gasteiger partial charge < -0.3 is 5.32 Å². The molecule has 0 heterocycles. The number of anilines is 1. The summed E-state index contributed by atoms with van der Waals surface area (Å²) >= 11 is 0. The second kappa shape index (κ2) is 9.35. The Morgan fingerprint density at radius 1 is 0.968 bits per heavy atom. The summed E-state index contributed by atoms with van der Waals surface area (Å²) < 4.78 is 27.5. The van der Waals surface area contributed by atoms with E-state index in [9.17, 15) is 13.2 Å². The first-order chi connectivity index (χ1) is 14.7. The lowest BCUT2D eigenvalue weighted by atomic mass is 9.99. The number of sulfonamides is 1. The Bertz CT molecular complexity index is 1170. The van der Waals surface area contributed by atoms with Crippen LogP contribution in [-0.4, -0.2) is 21.4 Å². The maximum absolute atomic E-state index is 13.1. The van der Waals surface area contributed by atoms with Gasteiger partial charge in [0, 0.05) is 12.6 Å². The first kappa shape index (κ1) is 22.6. The number of carbonyl (C=O) groups excluding carboxylic acids is 1. The Balaban J connectivity index is 1.85. The third-order valence-corrected chi connectivity index (χ3v) is 7.21. The van der Waals surface area contributed by atoms with Gasteiger partial charge in [0.05, 0.1) is 16.6 Å². The van der Waals surface area contributed by atoms with Crippen LogP contribution in [0, 0.1) is 13.8 Å². The summed E-state index contributed by atoms with van der Waals surface area (Å²) in [6.07, 6.45) is 0.727. The van der Waals surface area contributed by atoms with Crippen molar-refractivity contribution in [2.75, 3.05) is 11.4 Å². The van der Waals surface area contributed by atoms with E-state index in [0.717, 1.165) is 23.1 Å². The van der Waals surface area contributed by atoms with Crippen LogP contribution in [0.3, 0.4) is 0 Å². The number of amides is 1. The minimum Gasteiger partial charge on any atom is -0.345 e. The standard InChI is InChI=1S/C25H28N2O3S/c1-5-24(23-12-7-6-9-19(23)3)26-25(28)20-10-8-11-22(17-20)31(29,30)27(4)21-15-13-18(2)14-16-21/h6-17,24H,5H2,1-4H3,(H,26,28)/t24-/m0/s1. The minimum absolute atomic E-state index is 0.0761. The highest BCUT2D eigenvalue weighted by Crippen LogP contribution is 2.24. The lowest BCUT2D eigenvalue weighted by molar-refractivity contribution is 0.0935. The van der Waals surface area contributed by atoms with Crippen molar-refractivity contribution < 1.29 is 13.2 Å². The molecule has 0 spiro atoms. The average Bonchev–Trinajstić information content (AvgIpc) is 2.78. The van der Waals surface area contributed by atoms with Gasteiger partial charge in [-0.1, -0.05) is 55.0 Å². The van der Waals surface area contributed by atoms with Gasteiger partial charge in [-0.05, 0) is 61.7 Å². The van der Waals surface area contributed by atoms with Crippen molar-refractivity contribution >= 4 is 21.6 Å². The fourth-order valence-corrected chi connectivity index (χ4v) is 4.71. The number of rotatable bonds is 7. The third kappa shape index (κ3) is 4.97. The van der Waals surface area contributed by atoms with E-state index in [4.69, 9.17) is 0 Å². The van der Waals surface area contributed by atoms with E-state index in [1.54, 1.807) is 24.3 Å². The summed E-state index contributed by atoms with van der Waals surface area (Å²) in [6, 6.07) is 21.2. The molecule has 0 fully saturated rings. The molecule has 3 aromatic carbocycles. The Morgan fingerprint density at radius 3 is 2.29 bits per heavy atom. The second-order valence-corrected chi connectivity index (χ2v) is 9.60. The van der Waals surface area contributed by atoms with Gasteiger partial charge in [0.25, 0.3) is 15.9 Å². The van der Waals surface area contributed by atoms with Crippen molar-refractivity contribution in [3.05, 3.63) is 95.1 Å². The molecule has 1 N–H and O–H groups in total. The maximum Gasteiger partial charge on any atom is 0.264 e. The lowest BCUT2D eigenvalue weighted by Gasteiger charge is -2.21. The topological polar surface area (TPSA) is 66.5 Å². The van der Waals surface area contributed by atoms with Gasteiger partial charge in [0.1, 0.15) is 0 Å². The Kier molecular flexibility index (Phi) is 6.81. The molecular formula is C25H28N2O3S. The van der Waals surface area contributed by atoms with E-state index in [1.807, 2.05) is 57.2 Å². The molecule has 3 aromatic rings. The van der Waals surface area contributed by atoms with Crippen LogP contribution in [0.15, 0.2) is 77.7 Å². The van der Waals surface area contributed by atoms with Crippen LogP contribution in [0.2, 0.25) is 0 Å². The predicted molar refractivity (Wildman–Crippen MR) is 125 cm³/mol. The molecule has 6 heteroatoms. The van der Waals surface area contributed by atoms with Crippen molar-refractivity contribution in [2.24, 2.45) is 0 Å². The van der Waals surface area contributed by atoms with Crippen LogP contribution in [0.4, 0.5) is 5.69 Å². The third-order valence-electron chi connectivity index (χ3n) is 5.43. The molecular weight excluding hydrogens is 408 g/mol. The average molecular weight is 437 g/mol. The summed E-state index contributed by atoms with van der Waals surface area (Å²) in [5.41, 5.74) is 4.08. The minimum atomic E-state index is -3.80. The first-order valence-electron chi connectivity index (χ1n) is 10.3. The highest BCUT2D eigenvalue weighted by molar-refractivity contribution is 7.92. The van der Waals surface area contributed by atoms with E-state index in [-0.39, 0.29) is 16.8 Å². The molecule has 1 amide bonds. The number of hydrogen-bond donors (Lipinski definition) is 1. The number of hydrogen-bond acceptors (Lipinski definition) is 3. The Hall–Kier alpha value is -3.12. The smallest absolute Gasteiger partial charge is 0.264 e. The molecule has 1 atom stereocenters. The zero-order valence-corrected chi connectivity index (χ0v) is 19.1. The van der Waals surface area contributed by atoms with Crippen LogP contribution < -0.4 is 9.62 Å². The lowest BCUT2D eigenvalue weighted by Crippen LogP contribution is -2.29. The van der Waals surface area contributed by atoms with Crippen molar-refractivity contribution in [3.8, 4) is 0 Å². The predicted octanol–water partition coefficient (Wildman–Crippen LogP) is 5.01. The Labute approximate surface area is 184 Å². The molecule has 0 aliphatic carbocycles. The highest BCUT2D eigenvalue weighted by Gasteiger charge is 2.23. The summed E-state index contributed by atoms with van der Waals surface area (Å²) in [5.74, 6) is -0.301. The number of aryl methyl sites for hydroxylation is 2. The quantitative estimate of drug-likeness (QED) is 0.566. The molecule has 0 bridgehead atoms. The van der Waals surface area contributed by atoms with Crippen molar-refractivity contribution in [2.45, 2.75) is 38.1 Å². The van der Waals surface area contributed by atoms with Crippen molar-refractivity contribution in [1.29, 1.82) is 0 Å².